The van der Waals surface area contributed by atoms with Crippen LogP contribution in [0.2, 0.25) is 0 Å². The number of aliphatic hydroxyl groups excluding tert-OH is 1. The lowest BCUT2D eigenvalue weighted by Crippen LogP contribution is -2.49. The van der Waals surface area contributed by atoms with Crippen molar-refractivity contribution in [3.63, 3.8) is 0 Å². The molecule has 0 bridgehead atoms. The van der Waals surface area contributed by atoms with Crippen molar-refractivity contribution in [3.8, 4) is 11.5 Å². The van der Waals surface area contributed by atoms with Gasteiger partial charge in [-0.3, -0.25) is 4.79 Å². The molecule has 7 heteroatoms. The molecule has 0 spiro atoms. The predicted octanol–water partition coefficient (Wildman–Crippen LogP) is 0.167. The molecular formula is C14H17NO6. The molecule has 114 valence electrons. The number of rotatable bonds is 5. The van der Waals surface area contributed by atoms with E-state index in [1.807, 2.05) is 6.07 Å². The highest BCUT2D eigenvalue weighted by molar-refractivity contribution is 5.82. The van der Waals surface area contributed by atoms with Crippen molar-refractivity contribution < 1.29 is 29.3 Å². The van der Waals surface area contributed by atoms with Gasteiger partial charge in [0, 0.05) is 13.0 Å². The molecule has 1 aliphatic rings. The standard InChI is InChI=1S/C14H17NO6/c1-8-12(13(17)15-7-6-9(16)14(18)19)21-11-5-3-2-4-10(11)20-8/h2-5,8-9,12,16H,6-7H2,1H3,(H,15,17)(H,18,19). The van der Waals surface area contributed by atoms with E-state index in [1.165, 1.54) is 0 Å². The Bertz CT molecular complexity index is 532. The third kappa shape index (κ3) is 3.63. The average molecular weight is 295 g/mol. The summed E-state index contributed by atoms with van der Waals surface area (Å²) in [6.45, 7) is 1.76. The molecule has 1 aromatic carbocycles. The summed E-state index contributed by atoms with van der Waals surface area (Å²) in [7, 11) is 0. The highest BCUT2D eigenvalue weighted by Gasteiger charge is 2.33. The van der Waals surface area contributed by atoms with Gasteiger partial charge in [0.2, 0.25) is 6.10 Å². The number of para-hydroxylation sites is 2. The van der Waals surface area contributed by atoms with Crippen LogP contribution < -0.4 is 14.8 Å². The molecule has 0 aromatic heterocycles. The molecule has 0 saturated carbocycles. The summed E-state index contributed by atoms with van der Waals surface area (Å²) < 4.78 is 11.2. The number of ether oxygens (including phenoxy) is 2. The Kier molecular flexibility index (Phi) is 4.64. The molecule has 0 aliphatic carbocycles. The first kappa shape index (κ1) is 15.1. The average Bonchev–Trinajstić information content (AvgIpc) is 2.46. The summed E-state index contributed by atoms with van der Waals surface area (Å²) in [6, 6.07) is 7.04. The summed E-state index contributed by atoms with van der Waals surface area (Å²) in [5.74, 6) is -0.657. The van der Waals surface area contributed by atoms with Crippen LogP contribution in [0.5, 0.6) is 11.5 Å². The van der Waals surface area contributed by atoms with E-state index >= 15 is 0 Å². The number of benzene rings is 1. The maximum absolute atomic E-state index is 12.0. The monoisotopic (exact) mass is 295 g/mol. The van der Waals surface area contributed by atoms with Gasteiger partial charge in [-0.2, -0.15) is 0 Å². The third-order valence-electron chi connectivity index (χ3n) is 3.10. The van der Waals surface area contributed by atoms with Crippen molar-refractivity contribution in [3.05, 3.63) is 24.3 Å². The Hall–Kier alpha value is -2.28. The largest absolute Gasteiger partial charge is 0.482 e. The SMILES string of the molecule is CC1Oc2ccccc2OC1C(=O)NCCC(O)C(=O)O. The number of hydrogen-bond acceptors (Lipinski definition) is 5. The zero-order valence-electron chi connectivity index (χ0n) is 11.5. The second kappa shape index (κ2) is 6.45. The fourth-order valence-corrected chi connectivity index (χ4v) is 1.96. The van der Waals surface area contributed by atoms with E-state index < -0.39 is 30.2 Å². The van der Waals surface area contributed by atoms with Gasteiger partial charge in [-0.25, -0.2) is 4.79 Å². The van der Waals surface area contributed by atoms with E-state index in [1.54, 1.807) is 25.1 Å². The topological polar surface area (TPSA) is 105 Å². The van der Waals surface area contributed by atoms with E-state index in [4.69, 9.17) is 19.7 Å². The van der Waals surface area contributed by atoms with Gasteiger partial charge < -0.3 is 25.0 Å². The lowest BCUT2D eigenvalue weighted by molar-refractivity contribution is -0.147. The molecule has 0 fully saturated rings. The number of amides is 1. The third-order valence-corrected chi connectivity index (χ3v) is 3.10. The maximum Gasteiger partial charge on any atom is 0.332 e. The Morgan fingerprint density at radius 1 is 1.29 bits per heavy atom. The van der Waals surface area contributed by atoms with Gasteiger partial charge in [0.25, 0.3) is 5.91 Å². The highest BCUT2D eigenvalue weighted by Crippen LogP contribution is 2.33. The minimum Gasteiger partial charge on any atom is -0.482 e. The Balaban J connectivity index is 1.90. The van der Waals surface area contributed by atoms with Gasteiger partial charge in [-0.15, -0.1) is 0 Å². The van der Waals surface area contributed by atoms with Crippen LogP contribution in [-0.2, 0) is 9.59 Å². The number of aliphatic carboxylic acids is 1. The fourth-order valence-electron chi connectivity index (χ4n) is 1.96. The van der Waals surface area contributed by atoms with E-state index in [-0.39, 0.29) is 13.0 Å². The summed E-state index contributed by atoms with van der Waals surface area (Å²) in [5.41, 5.74) is 0. The zero-order valence-corrected chi connectivity index (χ0v) is 11.5. The first-order valence-corrected chi connectivity index (χ1v) is 6.60. The van der Waals surface area contributed by atoms with Gasteiger partial charge >= 0.3 is 5.97 Å². The van der Waals surface area contributed by atoms with Crippen LogP contribution in [-0.4, -0.2) is 46.9 Å². The molecular weight excluding hydrogens is 278 g/mol. The number of nitrogens with one attached hydrogen (secondary N) is 1. The van der Waals surface area contributed by atoms with E-state index in [0.29, 0.717) is 11.5 Å². The fraction of sp³-hybridized carbons (Fsp3) is 0.429. The van der Waals surface area contributed by atoms with Crippen LogP contribution in [0.4, 0.5) is 0 Å². The zero-order chi connectivity index (χ0) is 15.4. The van der Waals surface area contributed by atoms with Gasteiger partial charge in [0.15, 0.2) is 17.6 Å². The smallest absolute Gasteiger partial charge is 0.332 e. The lowest BCUT2D eigenvalue weighted by atomic mass is 10.1. The molecule has 0 radical (unpaired) electrons. The van der Waals surface area contributed by atoms with Crippen LogP contribution in [0, 0.1) is 0 Å². The minimum absolute atomic E-state index is 0.0422. The summed E-state index contributed by atoms with van der Waals surface area (Å²) in [5, 5.41) is 20.2. The van der Waals surface area contributed by atoms with Gasteiger partial charge in [0.05, 0.1) is 0 Å². The van der Waals surface area contributed by atoms with Crippen LogP contribution in [0.15, 0.2) is 24.3 Å². The first-order chi connectivity index (χ1) is 9.99. The van der Waals surface area contributed by atoms with Crippen LogP contribution >= 0.6 is 0 Å². The number of carboxylic acids is 1. The van der Waals surface area contributed by atoms with Crippen molar-refractivity contribution in [1.82, 2.24) is 5.32 Å². The summed E-state index contributed by atoms with van der Waals surface area (Å²) >= 11 is 0. The maximum atomic E-state index is 12.0. The first-order valence-electron chi connectivity index (χ1n) is 6.60. The number of aliphatic hydroxyl groups is 1. The quantitative estimate of drug-likeness (QED) is 0.715. The summed E-state index contributed by atoms with van der Waals surface area (Å²) in [6.07, 6.45) is -2.85. The van der Waals surface area contributed by atoms with Crippen LogP contribution in [0.1, 0.15) is 13.3 Å². The molecule has 7 nitrogen and oxygen atoms in total. The highest BCUT2D eigenvalue weighted by atomic mass is 16.6. The van der Waals surface area contributed by atoms with E-state index in [0.717, 1.165) is 0 Å². The van der Waals surface area contributed by atoms with E-state index in [9.17, 15) is 9.59 Å². The molecule has 1 aliphatic heterocycles. The van der Waals surface area contributed by atoms with Gasteiger partial charge in [0.1, 0.15) is 6.10 Å². The van der Waals surface area contributed by atoms with Crippen LogP contribution in [0.3, 0.4) is 0 Å². The molecule has 1 amide bonds. The second-order valence-electron chi connectivity index (χ2n) is 4.74. The van der Waals surface area contributed by atoms with Crippen LogP contribution in [0.25, 0.3) is 0 Å². The number of fused-ring (bicyclic) bond motifs is 1. The second-order valence-corrected chi connectivity index (χ2v) is 4.74. The lowest BCUT2D eigenvalue weighted by Gasteiger charge is -2.31. The predicted molar refractivity (Wildman–Crippen MR) is 72.2 cm³/mol. The van der Waals surface area contributed by atoms with Crippen molar-refractivity contribution in [2.75, 3.05) is 6.54 Å². The van der Waals surface area contributed by atoms with Gasteiger partial charge in [-0.1, -0.05) is 12.1 Å². The molecule has 21 heavy (non-hydrogen) atoms. The molecule has 1 aromatic rings. The van der Waals surface area contributed by atoms with E-state index in [2.05, 4.69) is 5.32 Å². The van der Waals surface area contributed by atoms with Gasteiger partial charge in [-0.05, 0) is 19.1 Å². The van der Waals surface area contributed by atoms with Crippen molar-refractivity contribution >= 4 is 11.9 Å². The number of hydrogen-bond donors (Lipinski definition) is 3. The Morgan fingerprint density at radius 2 is 1.90 bits per heavy atom. The number of carboxylic acid groups (broad SMARTS) is 1. The minimum atomic E-state index is -1.49. The summed E-state index contributed by atoms with van der Waals surface area (Å²) in [4.78, 5) is 22.5. The molecule has 3 N–H and O–H groups in total. The number of carbonyl (C=O) groups is 2. The normalized spacial score (nSPS) is 21.4. The molecule has 0 saturated heterocycles. The number of carbonyl (C=O) groups excluding carboxylic acids is 1. The molecule has 3 unspecified atom stereocenters. The Labute approximate surface area is 121 Å². The van der Waals surface area contributed by atoms with Crippen molar-refractivity contribution in [2.24, 2.45) is 0 Å². The van der Waals surface area contributed by atoms with Crippen molar-refractivity contribution in [1.29, 1.82) is 0 Å². The molecule has 2 rings (SSSR count). The molecule has 3 atom stereocenters. The Morgan fingerprint density at radius 3 is 2.52 bits per heavy atom. The molecule has 1 heterocycles. The van der Waals surface area contributed by atoms with Crippen molar-refractivity contribution in [2.45, 2.75) is 31.7 Å².